The molecule has 1 aromatic carbocycles. The highest BCUT2D eigenvalue weighted by Crippen LogP contribution is 2.29. The second-order valence-corrected chi connectivity index (χ2v) is 5.33. The van der Waals surface area contributed by atoms with Gasteiger partial charge in [0.1, 0.15) is 5.69 Å². The van der Waals surface area contributed by atoms with E-state index in [1.54, 1.807) is 18.5 Å². The van der Waals surface area contributed by atoms with Crippen LogP contribution < -0.4 is 4.74 Å². The Morgan fingerprint density at radius 2 is 1.95 bits per heavy atom. The van der Waals surface area contributed by atoms with Crippen LogP contribution in [0.15, 0.2) is 47.5 Å². The number of rotatable bonds is 3. The number of hydrogen-bond acceptors (Lipinski definition) is 4. The molecule has 5 nitrogen and oxygen atoms in total. The Balaban J connectivity index is 2.02. The monoisotopic (exact) mass is 368 g/mol. The van der Waals surface area contributed by atoms with Gasteiger partial charge in [-0.2, -0.15) is 5.10 Å². The van der Waals surface area contributed by atoms with E-state index in [-0.39, 0.29) is 17.4 Å². The van der Waals surface area contributed by atoms with Crippen LogP contribution in [-0.2, 0) is 0 Å². The number of halogens is 3. The summed E-state index contributed by atoms with van der Waals surface area (Å²) in [6.07, 6.45) is 5.96. The Kier molecular flexibility index (Phi) is 3.85. The van der Waals surface area contributed by atoms with E-state index in [4.69, 9.17) is 16.3 Å². The summed E-state index contributed by atoms with van der Waals surface area (Å²) < 4.78 is 21.7. The lowest BCUT2D eigenvalue weighted by atomic mass is 10.3. The average Bonchev–Trinajstić information content (AvgIpc) is 2.88. The molecule has 0 saturated heterocycles. The molecule has 106 valence electrons. The summed E-state index contributed by atoms with van der Waals surface area (Å²) in [5.74, 6) is -0.231. The van der Waals surface area contributed by atoms with Crippen LogP contribution in [0.4, 0.5) is 4.39 Å². The summed E-state index contributed by atoms with van der Waals surface area (Å²) in [6.45, 7) is 0. The molecule has 0 aliphatic heterocycles. The van der Waals surface area contributed by atoms with Gasteiger partial charge in [0.2, 0.25) is 0 Å². The van der Waals surface area contributed by atoms with Gasteiger partial charge in [0.05, 0.1) is 28.1 Å². The van der Waals surface area contributed by atoms with Crippen molar-refractivity contribution in [2.75, 3.05) is 0 Å². The highest BCUT2D eigenvalue weighted by Gasteiger charge is 2.14. The van der Waals surface area contributed by atoms with Gasteiger partial charge in [0, 0.05) is 6.20 Å². The first-order chi connectivity index (χ1) is 10.1. The first-order valence-electron chi connectivity index (χ1n) is 5.78. The maximum Gasteiger partial charge on any atom is 0.322 e. The number of ether oxygens (including phenoxy) is 1. The van der Waals surface area contributed by atoms with Crippen molar-refractivity contribution in [3.8, 4) is 17.4 Å². The molecule has 0 unspecified atom stereocenters. The maximum absolute atomic E-state index is 14.1. The second-order valence-electron chi connectivity index (χ2n) is 3.98. The van der Waals surface area contributed by atoms with E-state index in [1.165, 1.54) is 29.2 Å². The molecule has 0 bridgehead atoms. The Morgan fingerprint density at radius 1 is 1.19 bits per heavy atom. The fourth-order valence-corrected chi connectivity index (χ4v) is 2.06. The van der Waals surface area contributed by atoms with Gasteiger partial charge < -0.3 is 4.74 Å². The van der Waals surface area contributed by atoms with Gasteiger partial charge in [-0.05, 0) is 28.1 Å². The molecule has 3 aromatic rings. The summed E-state index contributed by atoms with van der Waals surface area (Å²) in [5, 5.41) is 4.44. The smallest absolute Gasteiger partial charge is 0.322 e. The zero-order chi connectivity index (χ0) is 14.8. The van der Waals surface area contributed by atoms with Gasteiger partial charge in [0.25, 0.3) is 0 Å². The standard InChI is InChI=1S/C13H7BrClFN4O/c14-8-4-19-20(7-8)12-10(16)2-1-3-11(12)21-13-17-5-9(15)6-18-13/h1-7H. The van der Waals surface area contributed by atoms with Crippen LogP contribution in [0.1, 0.15) is 0 Å². The van der Waals surface area contributed by atoms with E-state index < -0.39 is 5.82 Å². The molecule has 0 spiro atoms. The van der Waals surface area contributed by atoms with Crippen LogP contribution in [0.25, 0.3) is 5.69 Å². The Morgan fingerprint density at radius 3 is 2.62 bits per heavy atom. The number of benzene rings is 1. The second kappa shape index (κ2) is 5.79. The zero-order valence-corrected chi connectivity index (χ0v) is 12.7. The molecule has 0 aliphatic carbocycles. The molecule has 0 atom stereocenters. The molecule has 21 heavy (non-hydrogen) atoms. The van der Waals surface area contributed by atoms with Crippen LogP contribution in [0.2, 0.25) is 5.02 Å². The average molecular weight is 370 g/mol. The molecule has 0 aliphatic rings. The third kappa shape index (κ3) is 3.03. The van der Waals surface area contributed by atoms with Gasteiger partial charge in [-0.25, -0.2) is 19.0 Å². The lowest BCUT2D eigenvalue weighted by Gasteiger charge is -2.10. The number of nitrogens with zero attached hydrogens (tertiary/aromatic N) is 4. The van der Waals surface area contributed by atoms with Gasteiger partial charge in [-0.15, -0.1) is 0 Å². The predicted molar refractivity (Wildman–Crippen MR) is 78.3 cm³/mol. The molecule has 8 heteroatoms. The van der Waals surface area contributed by atoms with E-state index >= 15 is 0 Å². The Labute approximate surface area is 132 Å². The topological polar surface area (TPSA) is 52.8 Å². The van der Waals surface area contributed by atoms with Gasteiger partial charge >= 0.3 is 6.01 Å². The first kappa shape index (κ1) is 14.0. The minimum Gasteiger partial charge on any atom is -0.422 e. The molecule has 2 aromatic heterocycles. The van der Waals surface area contributed by atoms with Gasteiger partial charge in [-0.1, -0.05) is 17.7 Å². The minimum atomic E-state index is -0.475. The maximum atomic E-state index is 14.1. The molecule has 0 fully saturated rings. The fraction of sp³-hybridized carbons (Fsp3) is 0. The van der Waals surface area contributed by atoms with Crippen LogP contribution in [0.5, 0.6) is 11.8 Å². The van der Waals surface area contributed by atoms with Crippen molar-refractivity contribution < 1.29 is 9.13 Å². The summed E-state index contributed by atoms with van der Waals surface area (Å²) in [6, 6.07) is 4.52. The van der Waals surface area contributed by atoms with Crippen molar-refractivity contribution in [3.05, 3.63) is 58.3 Å². The molecular formula is C13H7BrClFN4O. The summed E-state index contributed by atoms with van der Waals surface area (Å²) in [7, 11) is 0. The van der Waals surface area contributed by atoms with Gasteiger partial charge in [0.15, 0.2) is 11.6 Å². The van der Waals surface area contributed by atoms with Crippen molar-refractivity contribution in [2.45, 2.75) is 0 Å². The van der Waals surface area contributed by atoms with Crippen LogP contribution in [0.3, 0.4) is 0 Å². The van der Waals surface area contributed by atoms with Gasteiger partial charge in [-0.3, -0.25) is 0 Å². The van der Waals surface area contributed by atoms with Crippen LogP contribution >= 0.6 is 27.5 Å². The summed E-state index contributed by atoms with van der Waals surface area (Å²) in [4.78, 5) is 7.83. The molecule has 0 radical (unpaired) electrons. The van der Waals surface area contributed by atoms with E-state index in [0.29, 0.717) is 5.02 Å². The van der Waals surface area contributed by atoms with Crippen molar-refractivity contribution in [3.63, 3.8) is 0 Å². The zero-order valence-electron chi connectivity index (χ0n) is 10.4. The molecule has 0 amide bonds. The molecule has 0 saturated carbocycles. The normalized spacial score (nSPS) is 10.6. The van der Waals surface area contributed by atoms with E-state index in [9.17, 15) is 4.39 Å². The van der Waals surface area contributed by atoms with Crippen LogP contribution in [0, 0.1) is 5.82 Å². The third-order valence-corrected chi connectivity index (χ3v) is 3.13. The highest BCUT2D eigenvalue weighted by molar-refractivity contribution is 9.10. The van der Waals surface area contributed by atoms with Crippen molar-refractivity contribution in [1.82, 2.24) is 19.7 Å². The Hall–Kier alpha value is -1.99. The highest BCUT2D eigenvalue weighted by atomic mass is 79.9. The molecule has 0 N–H and O–H groups in total. The van der Waals surface area contributed by atoms with Crippen LogP contribution in [-0.4, -0.2) is 19.7 Å². The molecule has 3 rings (SSSR count). The largest absolute Gasteiger partial charge is 0.422 e. The molecule has 2 heterocycles. The molecular weight excluding hydrogens is 363 g/mol. The number of para-hydroxylation sites is 1. The minimum absolute atomic E-state index is 0.0671. The van der Waals surface area contributed by atoms with E-state index in [2.05, 4.69) is 31.0 Å². The van der Waals surface area contributed by atoms with Crippen molar-refractivity contribution in [2.24, 2.45) is 0 Å². The predicted octanol–water partition coefficient (Wildman–Crippen LogP) is 4.01. The summed E-state index contributed by atoms with van der Waals surface area (Å²) in [5.41, 5.74) is 0.168. The summed E-state index contributed by atoms with van der Waals surface area (Å²) >= 11 is 8.98. The quantitative estimate of drug-likeness (QED) is 0.700. The fourth-order valence-electron chi connectivity index (χ4n) is 1.67. The SMILES string of the molecule is Fc1cccc(Oc2ncc(Cl)cn2)c1-n1cc(Br)cn1. The Bertz CT molecular complexity index is 778. The first-order valence-corrected chi connectivity index (χ1v) is 6.95. The third-order valence-electron chi connectivity index (χ3n) is 2.53. The van der Waals surface area contributed by atoms with Crippen molar-refractivity contribution in [1.29, 1.82) is 0 Å². The number of hydrogen-bond donors (Lipinski definition) is 0. The van der Waals surface area contributed by atoms with E-state index in [1.807, 2.05) is 0 Å². The number of aromatic nitrogens is 4. The lowest BCUT2D eigenvalue weighted by Crippen LogP contribution is -2.02. The lowest BCUT2D eigenvalue weighted by molar-refractivity contribution is 0.433. The van der Waals surface area contributed by atoms with Crippen molar-refractivity contribution >= 4 is 27.5 Å². The van der Waals surface area contributed by atoms with E-state index in [0.717, 1.165) is 4.47 Å².